The first kappa shape index (κ1) is 15.4. The average molecular weight is 229 g/mol. The van der Waals surface area contributed by atoms with Gasteiger partial charge in [0.2, 0.25) is 5.91 Å². The Morgan fingerprint density at radius 1 is 1.25 bits per heavy atom. The smallest absolute Gasteiger partial charge is 0.221 e. The molecule has 0 saturated carbocycles. The van der Waals surface area contributed by atoms with Gasteiger partial charge in [0.25, 0.3) is 0 Å². The fourth-order valence-corrected chi connectivity index (χ4v) is 1.30. The van der Waals surface area contributed by atoms with Crippen molar-refractivity contribution in [2.75, 3.05) is 40.3 Å². The molecule has 4 heteroatoms. The Labute approximate surface area is 99.8 Å². The zero-order valence-electron chi connectivity index (χ0n) is 11.2. The second kappa shape index (κ2) is 9.60. The van der Waals surface area contributed by atoms with Crippen LogP contribution in [0.1, 0.15) is 26.7 Å². The summed E-state index contributed by atoms with van der Waals surface area (Å²) in [6, 6.07) is 0. The van der Waals surface area contributed by atoms with Crippen molar-refractivity contribution in [2.45, 2.75) is 26.7 Å². The van der Waals surface area contributed by atoms with E-state index < -0.39 is 0 Å². The van der Waals surface area contributed by atoms with Gasteiger partial charge in [-0.15, -0.1) is 0 Å². The van der Waals surface area contributed by atoms with Gasteiger partial charge in [-0.3, -0.25) is 4.79 Å². The highest BCUT2D eigenvalue weighted by Gasteiger charge is 2.00. The minimum absolute atomic E-state index is 0.148. The predicted molar refractivity (Wildman–Crippen MR) is 68.5 cm³/mol. The number of nitrogens with one attached hydrogen (secondary N) is 2. The van der Waals surface area contributed by atoms with E-state index in [1.807, 2.05) is 14.1 Å². The first-order chi connectivity index (χ1) is 7.52. The van der Waals surface area contributed by atoms with Crippen LogP contribution in [0.15, 0.2) is 0 Å². The largest absolute Gasteiger partial charge is 0.356 e. The first-order valence-corrected chi connectivity index (χ1v) is 6.14. The van der Waals surface area contributed by atoms with Crippen LogP contribution >= 0.6 is 0 Å². The number of amides is 1. The van der Waals surface area contributed by atoms with Gasteiger partial charge in [-0.1, -0.05) is 13.8 Å². The van der Waals surface area contributed by atoms with Crippen molar-refractivity contribution >= 4 is 5.91 Å². The monoisotopic (exact) mass is 229 g/mol. The van der Waals surface area contributed by atoms with Gasteiger partial charge in [0.05, 0.1) is 0 Å². The van der Waals surface area contributed by atoms with Gasteiger partial charge in [-0.2, -0.15) is 0 Å². The average Bonchev–Trinajstić information content (AvgIpc) is 2.19. The Bertz CT molecular complexity index is 163. The second-order valence-electron chi connectivity index (χ2n) is 4.85. The third-order valence-electron chi connectivity index (χ3n) is 2.19. The molecule has 4 nitrogen and oxygen atoms in total. The normalized spacial score (nSPS) is 11.1. The molecule has 0 rings (SSSR count). The molecule has 0 saturated heterocycles. The Morgan fingerprint density at radius 2 is 1.94 bits per heavy atom. The van der Waals surface area contributed by atoms with Crippen LogP contribution in [0.3, 0.4) is 0 Å². The number of rotatable bonds is 9. The summed E-state index contributed by atoms with van der Waals surface area (Å²) in [5, 5.41) is 6.18. The van der Waals surface area contributed by atoms with Crippen LogP contribution in [-0.4, -0.2) is 51.1 Å². The molecule has 0 fully saturated rings. The highest BCUT2D eigenvalue weighted by Crippen LogP contribution is 1.87. The number of carbonyl (C=O) groups excluding carboxylic acids is 1. The predicted octanol–water partition coefficient (Wildman–Crippen LogP) is 0.690. The lowest BCUT2D eigenvalue weighted by Gasteiger charge is -2.10. The summed E-state index contributed by atoms with van der Waals surface area (Å²) in [5.74, 6) is 0.790. The van der Waals surface area contributed by atoms with Crippen molar-refractivity contribution in [3.8, 4) is 0 Å². The fraction of sp³-hybridized carbons (Fsp3) is 0.917. The van der Waals surface area contributed by atoms with Gasteiger partial charge in [-0.05, 0) is 39.5 Å². The molecule has 0 aliphatic rings. The third kappa shape index (κ3) is 11.5. The van der Waals surface area contributed by atoms with Crippen molar-refractivity contribution in [2.24, 2.45) is 5.92 Å². The number of carbonyl (C=O) groups is 1. The summed E-state index contributed by atoms with van der Waals surface area (Å²) in [6.07, 6.45) is 1.59. The first-order valence-electron chi connectivity index (χ1n) is 6.14. The summed E-state index contributed by atoms with van der Waals surface area (Å²) in [5.41, 5.74) is 0. The van der Waals surface area contributed by atoms with Crippen LogP contribution in [-0.2, 0) is 4.79 Å². The minimum atomic E-state index is 0.148. The molecular weight excluding hydrogens is 202 g/mol. The van der Waals surface area contributed by atoms with Gasteiger partial charge in [0, 0.05) is 19.5 Å². The molecular formula is C12H27N3O. The molecule has 0 unspecified atom stereocenters. The Balaban J connectivity index is 3.25. The van der Waals surface area contributed by atoms with Crippen LogP contribution in [0.25, 0.3) is 0 Å². The van der Waals surface area contributed by atoms with E-state index in [4.69, 9.17) is 0 Å². The summed E-state index contributed by atoms with van der Waals surface area (Å²) in [4.78, 5) is 13.5. The maximum Gasteiger partial charge on any atom is 0.221 e. The zero-order valence-corrected chi connectivity index (χ0v) is 11.2. The lowest BCUT2D eigenvalue weighted by molar-refractivity contribution is -0.121. The van der Waals surface area contributed by atoms with Crippen LogP contribution in [0.4, 0.5) is 0 Å². The maximum atomic E-state index is 11.4. The SMILES string of the molecule is CC(C)CNCCC(=O)NCCCN(C)C. The van der Waals surface area contributed by atoms with Crippen molar-refractivity contribution in [1.29, 1.82) is 0 Å². The summed E-state index contributed by atoms with van der Waals surface area (Å²) < 4.78 is 0. The van der Waals surface area contributed by atoms with E-state index in [1.165, 1.54) is 0 Å². The highest BCUT2D eigenvalue weighted by molar-refractivity contribution is 5.75. The van der Waals surface area contributed by atoms with Crippen LogP contribution in [0, 0.1) is 5.92 Å². The molecule has 96 valence electrons. The summed E-state index contributed by atoms with van der Waals surface area (Å²) in [6.45, 7) is 7.88. The van der Waals surface area contributed by atoms with E-state index in [2.05, 4.69) is 29.4 Å². The summed E-state index contributed by atoms with van der Waals surface area (Å²) in [7, 11) is 4.08. The molecule has 0 aliphatic heterocycles. The van der Waals surface area contributed by atoms with Crippen LogP contribution in [0.2, 0.25) is 0 Å². The highest BCUT2D eigenvalue weighted by atomic mass is 16.1. The molecule has 0 aromatic rings. The molecule has 16 heavy (non-hydrogen) atoms. The Morgan fingerprint density at radius 3 is 2.50 bits per heavy atom. The quantitative estimate of drug-likeness (QED) is 0.572. The molecule has 0 spiro atoms. The third-order valence-corrected chi connectivity index (χ3v) is 2.19. The standard InChI is InChI=1S/C12H27N3O/c1-11(2)10-13-8-6-12(16)14-7-5-9-15(3)4/h11,13H,5-10H2,1-4H3,(H,14,16). The Kier molecular flexibility index (Phi) is 9.24. The lowest BCUT2D eigenvalue weighted by Crippen LogP contribution is -2.30. The molecule has 2 N–H and O–H groups in total. The molecule has 0 aromatic heterocycles. The van der Waals surface area contributed by atoms with E-state index in [1.54, 1.807) is 0 Å². The van der Waals surface area contributed by atoms with Gasteiger partial charge in [0.15, 0.2) is 0 Å². The molecule has 0 aromatic carbocycles. The molecule has 0 atom stereocenters. The minimum Gasteiger partial charge on any atom is -0.356 e. The van der Waals surface area contributed by atoms with Crippen molar-refractivity contribution < 1.29 is 4.79 Å². The summed E-state index contributed by atoms with van der Waals surface area (Å²) >= 11 is 0. The van der Waals surface area contributed by atoms with E-state index in [0.29, 0.717) is 12.3 Å². The molecule has 0 bridgehead atoms. The van der Waals surface area contributed by atoms with Crippen LogP contribution < -0.4 is 10.6 Å². The molecule has 1 amide bonds. The van der Waals surface area contributed by atoms with E-state index in [9.17, 15) is 4.79 Å². The Hall–Kier alpha value is -0.610. The zero-order chi connectivity index (χ0) is 12.4. The van der Waals surface area contributed by atoms with E-state index in [-0.39, 0.29) is 5.91 Å². The maximum absolute atomic E-state index is 11.4. The van der Waals surface area contributed by atoms with Gasteiger partial charge in [-0.25, -0.2) is 0 Å². The number of hydrogen-bond donors (Lipinski definition) is 2. The second-order valence-corrected chi connectivity index (χ2v) is 4.85. The molecule has 0 radical (unpaired) electrons. The number of nitrogens with zero attached hydrogens (tertiary/aromatic N) is 1. The van der Waals surface area contributed by atoms with Gasteiger partial charge < -0.3 is 15.5 Å². The fourth-order valence-electron chi connectivity index (χ4n) is 1.30. The number of hydrogen-bond acceptors (Lipinski definition) is 3. The van der Waals surface area contributed by atoms with Crippen molar-refractivity contribution in [3.63, 3.8) is 0 Å². The molecule has 0 aliphatic carbocycles. The molecule has 0 heterocycles. The van der Waals surface area contributed by atoms with Gasteiger partial charge >= 0.3 is 0 Å². The van der Waals surface area contributed by atoms with Crippen molar-refractivity contribution in [1.82, 2.24) is 15.5 Å². The van der Waals surface area contributed by atoms with Crippen molar-refractivity contribution in [3.05, 3.63) is 0 Å². The lowest BCUT2D eigenvalue weighted by atomic mass is 10.2. The van der Waals surface area contributed by atoms with Crippen LogP contribution in [0.5, 0.6) is 0 Å². The van der Waals surface area contributed by atoms with Gasteiger partial charge in [0.1, 0.15) is 0 Å². The van der Waals surface area contributed by atoms with E-state index in [0.717, 1.165) is 32.6 Å². The van der Waals surface area contributed by atoms with E-state index >= 15 is 0 Å². The topological polar surface area (TPSA) is 44.4 Å².